The van der Waals surface area contributed by atoms with Crippen LogP contribution in [-0.2, 0) is 49.4 Å². The molecule has 1 aliphatic rings. The van der Waals surface area contributed by atoms with Crippen LogP contribution in [0.2, 0.25) is 0 Å². The van der Waals surface area contributed by atoms with Crippen molar-refractivity contribution in [3.63, 3.8) is 0 Å². The zero-order valence-corrected chi connectivity index (χ0v) is 51.5. The maximum absolute atomic E-state index is 12.7. The number of aromatic nitrogens is 1. The number of thiocarbonyl (C=S) groups is 1. The van der Waals surface area contributed by atoms with Crippen molar-refractivity contribution in [2.75, 3.05) is 117 Å². The first-order valence-corrected chi connectivity index (χ1v) is 30.2. The minimum absolute atomic E-state index is 0.0176. The van der Waals surface area contributed by atoms with Crippen molar-refractivity contribution >= 4 is 58.8 Å². The molecule has 0 fully saturated rings. The second-order valence-corrected chi connectivity index (χ2v) is 22.5. The van der Waals surface area contributed by atoms with E-state index in [-0.39, 0.29) is 37.4 Å². The molecule has 3 aromatic carbocycles. The summed E-state index contributed by atoms with van der Waals surface area (Å²) in [6.45, 7) is 4.87. The number of unbranched alkanes of at least 4 members (excludes halogenated alkanes) is 2. The second kappa shape index (κ2) is 39.2. The molecule has 5 rings (SSSR count). The maximum atomic E-state index is 12.7. The lowest BCUT2D eigenvalue weighted by atomic mass is 9.73. The fraction of sp³-hybridized carbons (Fsp3) is 0.516. The molecule has 27 heteroatoms. The fourth-order valence-electron chi connectivity index (χ4n) is 9.91. The lowest BCUT2D eigenvalue weighted by Crippen LogP contribution is -2.51. The molecule has 0 bridgehead atoms. The molecular formula is C62H85N11O15S. The molecule has 4 aromatic rings. The number of amides is 1. The number of pyridine rings is 1. The van der Waals surface area contributed by atoms with Crippen LogP contribution in [0.25, 0.3) is 22.4 Å². The van der Waals surface area contributed by atoms with Gasteiger partial charge in [-0.2, -0.15) is 0 Å². The number of carbonyl (C=O) groups is 6. The van der Waals surface area contributed by atoms with E-state index in [1.165, 1.54) is 9.80 Å². The number of carbonyl (C=O) groups excluding carboxylic acids is 1. The summed E-state index contributed by atoms with van der Waals surface area (Å²) < 4.78 is 23.2. The largest absolute Gasteiger partial charge is 0.480 e. The quantitative estimate of drug-likeness (QED) is 0.0159. The molecule has 89 heavy (non-hydrogen) atoms. The van der Waals surface area contributed by atoms with Crippen molar-refractivity contribution in [3.8, 4) is 28.3 Å². The van der Waals surface area contributed by atoms with Crippen molar-refractivity contribution in [2.24, 2.45) is 26.1 Å². The van der Waals surface area contributed by atoms with Gasteiger partial charge >= 0.3 is 29.8 Å². The molecule has 26 nitrogen and oxygen atoms in total. The number of carboxylic acid groups (broad SMARTS) is 5. The molecule has 8 N–H and O–H groups in total. The molecule has 0 saturated heterocycles. The van der Waals surface area contributed by atoms with Gasteiger partial charge in [0.05, 0.1) is 71.5 Å². The molecule has 0 radical (unpaired) electrons. The summed E-state index contributed by atoms with van der Waals surface area (Å²) in [5, 5.41) is 73.8. The summed E-state index contributed by atoms with van der Waals surface area (Å²) in [4.78, 5) is 79.3. The summed E-state index contributed by atoms with van der Waals surface area (Å²) in [6, 6.07) is 30.5. The molecule has 1 aromatic heterocycles. The lowest BCUT2D eigenvalue weighted by Gasteiger charge is -2.37. The number of anilines is 1. The fourth-order valence-corrected chi connectivity index (χ4v) is 10.1. The van der Waals surface area contributed by atoms with E-state index in [9.17, 15) is 54.3 Å². The van der Waals surface area contributed by atoms with Gasteiger partial charge in [-0.1, -0.05) is 86.6 Å². The number of rotatable bonds is 47. The molecule has 0 aliphatic carbocycles. The van der Waals surface area contributed by atoms with Gasteiger partial charge in [-0.15, -0.1) is 10.2 Å². The van der Waals surface area contributed by atoms with Crippen LogP contribution >= 0.6 is 12.2 Å². The molecule has 2 heterocycles. The van der Waals surface area contributed by atoms with Crippen LogP contribution < -0.4 is 20.7 Å². The first kappa shape index (κ1) is 71.8. The van der Waals surface area contributed by atoms with Gasteiger partial charge in [-0.25, -0.2) is 4.98 Å². The highest BCUT2D eigenvalue weighted by Crippen LogP contribution is 2.46. The minimum Gasteiger partial charge on any atom is -0.480 e. The van der Waals surface area contributed by atoms with Crippen LogP contribution in [0, 0.1) is 5.41 Å². The van der Waals surface area contributed by atoms with E-state index in [1.54, 1.807) is 24.3 Å². The van der Waals surface area contributed by atoms with Crippen LogP contribution in [0.15, 0.2) is 118 Å². The Bertz CT molecular complexity index is 2810. The van der Waals surface area contributed by atoms with Crippen molar-refractivity contribution in [1.82, 2.24) is 30.3 Å². The second-order valence-electron chi connectivity index (χ2n) is 22.1. The topological polar surface area (TPSA) is 349 Å². The summed E-state index contributed by atoms with van der Waals surface area (Å²) in [6.07, 6.45) is 6.40. The Morgan fingerprint density at radius 2 is 1.12 bits per heavy atom. The van der Waals surface area contributed by atoms with E-state index >= 15 is 0 Å². The van der Waals surface area contributed by atoms with Gasteiger partial charge in [0.15, 0.2) is 10.8 Å². The predicted octanol–water partition coefficient (Wildman–Crippen LogP) is 7.25. The van der Waals surface area contributed by atoms with Crippen molar-refractivity contribution < 1.29 is 73.2 Å². The van der Waals surface area contributed by atoms with E-state index in [0.29, 0.717) is 114 Å². The Labute approximate surface area is 524 Å². The van der Waals surface area contributed by atoms with Crippen LogP contribution in [0.5, 0.6) is 5.88 Å². The Balaban J connectivity index is 0.882. The number of carboxylic acids is 5. The third-order valence-corrected chi connectivity index (χ3v) is 14.8. The molecule has 1 aliphatic heterocycles. The highest BCUT2D eigenvalue weighted by atomic mass is 32.1. The van der Waals surface area contributed by atoms with Gasteiger partial charge < -0.3 is 60.4 Å². The van der Waals surface area contributed by atoms with Crippen molar-refractivity contribution in [3.05, 3.63) is 103 Å². The van der Waals surface area contributed by atoms with E-state index < -0.39 is 74.3 Å². The maximum Gasteiger partial charge on any atom is 0.317 e. The molecule has 0 unspecified atom stereocenters. The zero-order valence-electron chi connectivity index (χ0n) is 50.7. The van der Waals surface area contributed by atoms with E-state index in [4.69, 9.17) is 36.1 Å². The normalized spacial score (nSPS) is 13.0. The average molecular weight is 1260 g/mol. The zero-order chi connectivity index (χ0) is 64.3. The number of nitrogens with zero attached hydrogens (tertiary/aromatic N) is 8. The Hall–Kier alpha value is -7.92. The molecule has 0 saturated carbocycles. The highest BCUT2D eigenvalue weighted by molar-refractivity contribution is 7.80. The summed E-state index contributed by atoms with van der Waals surface area (Å²) in [5.41, 5.74) is 4.20. The molecule has 484 valence electrons. The van der Waals surface area contributed by atoms with Gasteiger partial charge in [-0.05, 0) is 115 Å². The SMILES string of the molecule is CC(C)(CCCCOc1cc(-c2ccccc2)cc(-c2ccccc2)n1)C1(CCCCC(=O)NCCCOCCOCCOCCCNC(=S)Nc2ccc(C[C@@H](CN(CCN(CC(=O)O)CC(=O)O)CC(=O)O)N(CC(=O)O)CC(=O)O)cc2)N=NN=N1. The first-order chi connectivity index (χ1) is 42.8. The summed E-state index contributed by atoms with van der Waals surface area (Å²) >= 11 is 5.45. The highest BCUT2D eigenvalue weighted by Gasteiger charge is 2.47. The van der Waals surface area contributed by atoms with Gasteiger partial charge in [0.1, 0.15) is 0 Å². The number of aliphatic carboxylic acids is 5. The molecule has 0 spiro atoms. The van der Waals surface area contributed by atoms with Gasteiger partial charge in [0.25, 0.3) is 0 Å². The van der Waals surface area contributed by atoms with Crippen molar-refractivity contribution in [1.29, 1.82) is 0 Å². The van der Waals surface area contributed by atoms with Crippen molar-refractivity contribution in [2.45, 2.75) is 89.8 Å². The predicted molar refractivity (Wildman–Crippen MR) is 335 cm³/mol. The number of hydrogen-bond donors (Lipinski definition) is 8. The van der Waals surface area contributed by atoms with Crippen LogP contribution in [0.3, 0.4) is 0 Å². The monoisotopic (exact) mass is 1260 g/mol. The average Bonchev–Trinajstić information content (AvgIpc) is 2.04. The van der Waals surface area contributed by atoms with Gasteiger partial charge in [0.2, 0.25) is 11.8 Å². The number of ether oxygens (including phenoxy) is 4. The van der Waals surface area contributed by atoms with Crippen LogP contribution in [-0.4, -0.2) is 209 Å². The number of nitrogens with one attached hydrogen (secondary N) is 3. The standard InChI is InChI=1S/C62H85N11O15S/c1-61(2,24-11-12-32-88-54-39-49(47-15-5-3-6-16-47)38-52(66-54)48-17-7-4-8-18-48)62(67-69-70-68-62)25-10-9-19-53(74)63-26-13-30-85-33-35-87-36-34-86-31-14-27-64-60(89)65-50-22-20-46(21-23-50)37-51(73(44-58(81)82)45-59(83)84)40-71(41-55(75)76)28-29-72(42-56(77)78)43-57(79)80/h3-8,15-18,20-23,38-39,51H,9-14,19,24-37,40-45H2,1-2H3,(H,63,74)(H,75,76)(H,77,78)(H,79,80)(H,81,82)(H,83,84)(H2,64,65,89)/t51-/m0/s1. The first-order valence-electron chi connectivity index (χ1n) is 29.8. The Morgan fingerprint density at radius 3 is 1.71 bits per heavy atom. The Kier molecular flexibility index (Phi) is 31.6. The molecule has 1 amide bonds. The van der Waals surface area contributed by atoms with Gasteiger partial charge in [0, 0.05) is 81.1 Å². The lowest BCUT2D eigenvalue weighted by molar-refractivity contribution is -0.144. The third kappa shape index (κ3) is 28.0. The molecule has 1 atom stereocenters. The number of hydrogen-bond acceptors (Lipinski definition) is 19. The number of benzene rings is 3. The third-order valence-electron chi connectivity index (χ3n) is 14.6. The Morgan fingerprint density at radius 1 is 0.584 bits per heavy atom. The van der Waals surface area contributed by atoms with E-state index in [1.807, 2.05) is 54.6 Å². The van der Waals surface area contributed by atoms with E-state index in [2.05, 4.69) is 68.7 Å². The van der Waals surface area contributed by atoms with Crippen LogP contribution in [0.1, 0.15) is 77.2 Å². The van der Waals surface area contributed by atoms with Gasteiger partial charge in [-0.3, -0.25) is 43.5 Å². The summed E-state index contributed by atoms with van der Waals surface area (Å²) in [5.74, 6) is -5.85. The van der Waals surface area contributed by atoms with Crippen LogP contribution in [0.4, 0.5) is 5.69 Å². The van der Waals surface area contributed by atoms with E-state index in [0.717, 1.165) is 53.0 Å². The minimum atomic E-state index is -1.30. The smallest absolute Gasteiger partial charge is 0.317 e. The molecular weight excluding hydrogens is 1170 g/mol. The summed E-state index contributed by atoms with van der Waals surface area (Å²) in [7, 11) is 0.